The molecular formula is C6H9ClO2. The molecule has 0 unspecified atom stereocenters. The molecule has 0 aliphatic carbocycles. The molecule has 3 heteroatoms. The molecule has 52 valence electrons. The van der Waals surface area contributed by atoms with Crippen LogP contribution < -0.4 is 0 Å². The normalized spacial score (nSPS) is 10.0. The fourth-order valence-electron chi connectivity index (χ4n) is 0.252. The number of ether oxygens (including phenoxy) is 1. The van der Waals surface area contributed by atoms with Crippen molar-refractivity contribution in [2.45, 2.75) is 13.3 Å². The Labute approximate surface area is 59.5 Å². The van der Waals surface area contributed by atoms with Gasteiger partial charge in [0.05, 0.1) is 6.26 Å². The topological polar surface area (TPSA) is 26.3 Å². The summed E-state index contributed by atoms with van der Waals surface area (Å²) in [5.41, 5.74) is 0. The third kappa shape index (κ3) is 5.37. The number of carbonyl (C=O) groups is 1. The van der Waals surface area contributed by atoms with Crippen LogP contribution in [0.5, 0.6) is 0 Å². The predicted octanol–water partition coefficient (Wildman–Crippen LogP) is 1.69. The summed E-state index contributed by atoms with van der Waals surface area (Å²) in [5.74, 6) is -0.505. The largest absolute Gasteiger partial charge is 0.434 e. The van der Waals surface area contributed by atoms with Crippen LogP contribution in [0.15, 0.2) is 12.3 Å². The van der Waals surface area contributed by atoms with E-state index in [2.05, 4.69) is 4.74 Å². The van der Waals surface area contributed by atoms with Crippen molar-refractivity contribution in [1.29, 1.82) is 0 Å². The molecule has 0 bridgehead atoms. The van der Waals surface area contributed by atoms with E-state index in [9.17, 15) is 4.79 Å². The van der Waals surface area contributed by atoms with Crippen molar-refractivity contribution < 1.29 is 9.53 Å². The summed E-state index contributed by atoms with van der Waals surface area (Å²) in [4.78, 5) is 10.3. The molecule has 0 rings (SSSR count). The zero-order valence-corrected chi connectivity index (χ0v) is 6.02. The highest BCUT2D eigenvalue weighted by molar-refractivity contribution is 6.26. The van der Waals surface area contributed by atoms with Crippen LogP contribution in [-0.4, -0.2) is 11.8 Å². The van der Waals surface area contributed by atoms with Gasteiger partial charge in [-0.3, -0.25) is 4.79 Å². The number of hydrogen-bond acceptors (Lipinski definition) is 2. The maximum Gasteiger partial charge on any atom is 0.325 e. The van der Waals surface area contributed by atoms with Crippen LogP contribution in [0.2, 0.25) is 0 Å². The minimum atomic E-state index is -0.415. The number of halogens is 1. The lowest BCUT2D eigenvalue weighted by Gasteiger charge is -1.90. The Morgan fingerprint density at radius 1 is 1.78 bits per heavy atom. The van der Waals surface area contributed by atoms with Gasteiger partial charge >= 0.3 is 5.97 Å². The van der Waals surface area contributed by atoms with Crippen LogP contribution >= 0.6 is 11.6 Å². The van der Waals surface area contributed by atoms with Gasteiger partial charge < -0.3 is 4.74 Å². The Balaban J connectivity index is 3.26. The van der Waals surface area contributed by atoms with Crippen molar-refractivity contribution in [1.82, 2.24) is 0 Å². The van der Waals surface area contributed by atoms with Gasteiger partial charge in [0.1, 0.15) is 5.88 Å². The van der Waals surface area contributed by atoms with E-state index in [4.69, 9.17) is 11.6 Å². The maximum absolute atomic E-state index is 10.3. The zero-order valence-electron chi connectivity index (χ0n) is 5.26. The Kier molecular flexibility index (Phi) is 5.32. The molecule has 0 saturated carbocycles. The molecule has 0 heterocycles. The molecule has 2 nitrogen and oxygen atoms in total. The lowest BCUT2D eigenvalue weighted by Crippen LogP contribution is -1.99. The molecule has 0 aromatic rings. The number of rotatable bonds is 3. The van der Waals surface area contributed by atoms with E-state index < -0.39 is 5.97 Å². The first-order chi connectivity index (χ1) is 4.31. The smallest absolute Gasteiger partial charge is 0.325 e. The molecule has 0 fully saturated rings. The van der Waals surface area contributed by atoms with Gasteiger partial charge in [0.2, 0.25) is 0 Å². The van der Waals surface area contributed by atoms with Crippen molar-refractivity contribution >= 4 is 17.6 Å². The van der Waals surface area contributed by atoms with E-state index in [0.717, 1.165) is 6.42 Å². The lowest BCUT2D eigenvalue weighted by molar-refractivity contribution is -0.135. The number of allylic oxidation sites excluding steroid dienone is 1. The predicted molar refractivity (Wildman–Crippen MR) is 36.2 cm³/mol. The number of carbonyl (C=O) groups excluding carboxylic acids is 1. The first kappa shape index (κ1) is 8.50. The van der Waals surface area contributed by atoms with Crippen LogP contribution in [-0.2, 0) is 9.53 Å². The van der Waals surface area contributed by atoms with Gasteiger partial charge in [-0.25, -0.2) is 0 Å². The fraction of sp³-hybridized carbons (Fsp3) is 0.500. The summed E-state index contributed by atoms with van der Waals surface area (Å²) in [6, 6.07) is 0. The summed E-state index contributed by atoms with van der Waals surface area (Å²) in [7, 11) is 0. The van der Waals surface area contributed by atoms with Crippen LogP contribution in [0.4, 0.5) is 0 Å². The second kappa shape index (κ2) is 5.63. The highest BCUT2D eigenvalue weighted by Crippen LogP contribution is 1.85. The molecule has 0 aliphatic heterocycles. The summed E-state index contributed by atoms with van der Waals surface area (Å²) >= 11 is 5.12. The van der Waals surface area contributed by atoms with Crippen molar-refractivity contribution in [3.8, 4) is 0 Å². The quantitative estimate of drug-likeness (QED) is 0.346. The highest BCUT2D eigenvalue weighted by Gasteiger charge is 1.92. The van der Waals surface area contributed by atoms with E-state index in [-0.39, 0.29) is 5.88 Å². The maximum atomic E-state index is 10.3. The second-order valence-electron chi connectivity index (χ2n) is 1.40. The molecule has 0 radical (unpaired) electrons. The molecule has 0 atom stereocenters. The van der Waals surface area contributed by atoms with Crippen molar-refractivity contribution in [2.24, 2.45) is 0 Å². The monoisotopic (exact) mass is 148 g/mol. The van der Waals surface area contributed by atoms with Crippen LogP contribution in [0.25, 0.3) is 0 Å². The Morgan fingerprint density at radius 2 is 2.44 bits per heavy atom. The average Bonchev–Trinajstić information content (AvgIpc) is 1.89. The Bertz CT molecular complexity index is 110. The summed E-state index contributed by atoms with van der Waals surface area (Å²) in [6.45, 7) is 1.95. The molecular weight excluding hydrogens is 140 g/mol. The van der Waals surface area contributed by atoms with E-state index in [1.165, 1.54) is 6.26 Å². The summed E-state index contributed by atoms with van der Waals surface area (Å²) in [6.07, 6.45) is 3.95. The molecule has 0 aliphatic rings. The minimum Gasteiger partial charge on any atom is -0.434 e. The number of alkyl halides is 1. The summed E-state index contributed by atoms with van der Waals surface area (Å²) < 4.78 is 4.48. The lowest BCUT2D eigenvalue weighted by atomic mass is 10.5. The molecule has 0 aromatic heterocycles. The molecule has 0 aromatic carbocycles. The van der Waals surface area contributed by atoms with Crippen molar-refractivity contribution in [3.05, 3.63) is 12.3 Å². The Morgan fingerprint density at radius 3 is 2.89 bits per heavy atom. The van der Waals surface area contributed by atoms with Gasteiger partial charge in [0.15, 0.2) is 0 Å². The average molecular weight is 149 g/mol. The second-order valence-corrected chi connectivity index (χ2v) is 1.67. The van der Waals surface area contributed by atoms with E-state index >= 15 is 0 Å². The third-order valence-electron chi connectivity index (χ3n) is 0.641. The standard InChI is InChI=1S/C6H9ClO2/c1-2-3-4-9-6(8)5-7/h3-4H,2,5H2,1H3. The molecule has 0 saturated heterocycles. The van der Waals surface area contributed by atoms with Crippen LogP contribution in [0.3, 0.4) is 0 Å². The van der Waals surface area contributed by atoms with Gasteiger partial charge in [0, 0.05) is 0 Å². The third-order valence-corrected chi connectivity index (χ3v) is 0.859. The Hall–Kier alpha value is -0.500. The van der Waals surface area contributed by atoms with Crippen LogP contribution in [0.1, 0.15) is 13.3 Å². The molecule has 0 N–H and O–H groups in total. The van der Waals surface area contributed by atoms with Gasteiger partial charge in [-0.15, -0.1) is 11.6 Å². The summed E-state index contributed by atoms with van der Waals surface area (Å²) in [5, 5.41) is 0. The number of esters is 1. The van der Waals surface area contributed by atoms with E-state index in [0.29, 0.717) is 0 Å². The van der Waals surface area contributed by atoms with Gasteiger partial charge in [-0.2, -0.15) is 0 Å². The molecule has 9 heavy (non-hydrogen) atoms. The molecule has 0 amide bonds. The highest BCUT2D eigenvalue weighted by atomic mass is 35.5. The van der Waals surface area contributed by atoms with Gasteiger partial charge in [0.25, 0.3) is 0 Å². The van der Waals surface area contributed by atoms with E-state index in [1.54, 1.807) is 6.08 Å². The first-order valence-electron chi connectivity index (χ1n) is 2.71. The van der Waals surface area contributed by atoms with Crippen molar-refractivity contribution in [3.63, 3.8) is 0 Å². The SMILES string of the molecule is CCC=COC(=O)CCl. The van der Waals surface area contributed by atoms with Crippen LogP contribution in [0, 0.1) is 0 Å². The first-order valence-corrected chi connectivity index (χ1v) is 3.25. The number of hydrogen-bond donors (Lipinski definition) is 0. The van der Waals surface area contributed by atoms with Gasteiger partial charge in [-0.05, 0) is 12.5 Å². The molecule has 0 spiro atoms. The zero-order chi connectivity index (χ0) is 7.11. The fourth-order valence-corrected chi connectivity index (χ4v) is 0.315. The van der Waals surface area contributed by atoms with E-state index in [1.807, 2.05) is 6.92 Å². The van der Waals surface area contributed by atoms with Gasteiger partial charge in [-0.1, -0.05) is 6.92 Å². The minimum absolute atomic E-state index is 0.0892. The van der Waals surface area contributed by atoms with Crippen molar-refractivity contribution in [2.75, 3.05) is 5.88 Å².